The molecule has 3 rings (SSSR count). The van der Waals surface area contributed by atoms with Gasteiger partial charge in [-0.15, -0.1) is 0 Å². The van der Waals surface area contributed by atoms with Gasteiger partial charge < -0.3 is 4.90 Å². The van der Waals surface area contributed by atoms with Crippen molar-refractivity contribution in [1.82, 2.24) is 9.62 Å². The van der Waals surface area contributed by atoms with E-state index in [2.05, 4.69) is 4.72 Å². The van der Waals surface area contributed by atoms with Gasteiger partial charge in [0.2, 0.25) is 10.0 Å². The van der Waals surface area contributed by atoms with E-state index in [1.54, 1.807) is 42.5 Å². The van der Waals surface area contributed by atoms with E-state index in [9.17, 15) is 8.42 Å². The van der Waals surface area contributed by atoms with Gasteiger partial charge in [0.1, 0.15) is 0 Å². The molecular formula is C16H16Cl2N2O2S. The van der Waals surface area contributed by atoms with Gasteiger partial charge >= 0.3 is 0 Å². The zero-order valence-electron chi connectivity index (χ0n) is 12.5. The molecular weight excluding hydrogens is 355 g/mol. The normalized spacial score (nSPS) is 18.7. The summed E-state index contributed by atoms with van der Waals surface area (Å²) in [5, 5.41) is 1.06. The minimum atomic E-state index is -3.61. The van der Waals surface area contributed by atoms with E-state index in [0.29, 0.717) is 23.1 Å². The standard InChI is InChI=1S/C16H16Cl2N2O2S/c1-20-9-14-13(7-11(17)8-15(14)18)16(10-20)19-23(21,22)12-5-3-2-4-6-12/h2-8,16,19H,9-10H2,1H3. The molecule has 0 fully saturated rings. The van der Waals surface area contributed by atoms with Gasteiger partial charge in [0.25, 0.3) is 0 Å². The molecule has 0 bridgehead atoms. The maximum atomic E-state index is 12.6. The molecule has 2 aromatic rings. The molecule has 0 aliphatic carbocycles. The monoisotopic (exact) mass is 370 g/mol. The lowest BCUT2D eigenvalue weighted by Gasteiger charge is -2.33. The van der Waals surface area contributed by atoms with Crippen molar-refractivity contribution in [2.75, 3.05) is 13.6 Å². The van der Waals surface area contributed by atoms with Gasteiger partial charge in [0.15, 0.2) is 0 Å². The molecule has 4 nitrogen and oxygen atoms in total. The molecule has 2 aromatic carbocycles. The molecule has 0 radical (unpaired) electrons. The quantitative estimate of drug-likeness (QED) is 0.899. The minimum absolute atomic E-state index is 0.239. The van der Waals surface area contributed by atoms with E-state index < -0.39 is 16.1 Å². The Morgan fingerprint density at radius 3 is 2.57 bits per heavy atom. The molecule has 0 saturated carbocycles. The first-order chi connectivity index (χ1) is 10.9. The third-order valence-corrected chi connectivity index (χ3v) is 5.89. The van der Waals surface area contributed by atoms with E-state index >= 15 is 0 Å². The van der Waals surface area contributed by atoms with E-state index in [1.807, 2.05) is 11.9 Å². The number of hydrogen-bond donors (Lipinski definition) is 1. The van der Waals surface area contributed by atoms with Crippen LogP contribution in [0.3, 0.4) is 0 Å². The van der Waals surface area contributed by atoms with Crippen LogP contribution < -0.4 is 4.72 Å². The second-order valence-electron chi connectivity index (χ2n) is 5.64. The number of benzene rings is 2. The van der Waals surface area contributed by atoms with E-state index in [1.165, 1.54) is 0 Å². The first-order valence-electron chi connectivity index (χ1n) is 7.10. The molecule has 0 amide bonds. The number of rotatable bonds is 3. The molecule has 0 saturated heterocycles. The number of nitrogens with zero attached hydrogens (tertiary/aromatic N) is 1. The number of sulfonamides is 1. The van der Waals surface area contributed by atoms with Gasteiger partial charge in [-0.2, -0.15) is 0 Å². The van der Waals surface area contributed by atoms with E-state index in [4.69, 9.17) is 23.2 Å². The highest BCUT2D eigenvalue weighted by Gasteiger charge is 2.29. The second kappa shape index (κ2) is 6.42. The van der Waals surface area contributed by atoms with Gasteiger partial charge in [-0.05, 0) is 42.4 Å². The summed E-state index contributed by atoms with van der Waals surface area (Å²) < 4.78 is 27.9. The summed E-state index contributed by atoms with van der Waals surface area (Å²) in [5.41, 5.74) is 1.74. The third kappa shape index (κ3) is 3.54. The summed E-state index contributed by atoms with van der Waals surface area (Å²) in [5.74, 6) is 0. The molecule has 7 heteroatoms. The highest BCUT2D eigenvalue weighted by atomic mass is 35.5. The Hall–Kier alpha value is -1.11. The van der Waals surface area contributed by atoms with Crippen molar-refractivity contribution in [1.29, 1.82) is 0 Å². The Morgan fingerprint density at radius 1 is 1.17 bits per heavy atom. The molecule has 0 spiro atoms. The molecule has 1 heterocycles. The summed E-state index contributed by atoms with van der Waals surface area (Å²) in [6.07, 6.45) is 0. The molecule has 23 heavy (non-hydrogen) atoms. The maximum Gasteiger partial charge on any atom is 0.241 e. The van der Waals surface area contributed by atoms with Gasteiger partial charge in [0.05, 0.1) is 10.9 Å². The van der Waals surface area contributed by atoms with Crippen LogP contribution in [-0.2, 0) is 16.6 Å². The van der Waals surface area contributed by atoms with Crippen LogP contribution in [0.15, 0.2) is 47.4 Å². The molecule has 1 N–H and O–H groups in total. The Kier molecular flexibility index (Phi) is 4.67. The van der Waals surface area contributed by atoms with Crippen molar-refractivity contribution in [3.8, 4) is 0 Å². The zero-order chi connectivity index (χ0) is 16.6. The van der Waals surface area contributed by atoms with Gasteiger partial charge in [-0.1, -0.05) is 41.4 Å². The van der Waals surface area contributed by atoms with Gasteiger partial charge in [-0.25, -0.2) is 13.1 Å². The van der Waals surface area contributed by atoms with Crippen LogP contribution in [0.2, 0.25) is 10.0 Å². The second-order valence-corrected chi connectivity index (χ2v) is 8.20. The smallest absolute Gasteiger partial charge is 0.241 e. The molecule has 122 valence electrons. The molecule has 0 aromatic heterocycles. The Labute approximate surface area is 146 Å². The first-order valence-corrected chi connectivity index (χ1v) is 9.34. The van der Waals surface area contributed by atoms with Crippen molar-refractivity contribution >= 4 is 33.2 Å². The first kappa shape index (κ1) is 16.7. The summed E-state index contributed by atoms with van der Waals surface area (Å²) in [7, 11) is -1.69. The van der Waals surface area contributed by atoms with Crippen molar-refractivity contribution in [2.45, 2.75) is 17.5 Å². The summed E-state index contributed by atoms with van der Waals surface area (Å²) >= 11 is 12.4. The van der Waals surface area contributed by atoms with Crippen LogP contribution in [0.1, 0.15) is 17.2 Å². The summed E-state index contributed by atoms with van der Waals surface area (Å²) in [6.45, 7) is 1.21. The van der Waals surface area contributed by atoms with Crippen LogP contribution in [0.25, 0.3) is 0 Å². The predicted molar refractivity (Wildman–Crippen MR) is 92.3 cm³/mol. The van der Waals surface area contributed by atoms with Gasteiger partial charge in [0, 0.05) is 23.1 Å². The van der Waals surface area contributed by atoms with Gasteiger partial charge in [-0.3, -0.25) is 0 Å². The highest BCUT2D eigenvalue weighted by molar-refractivity contribution is 7.89. The third-order valence-electron chi connectivity index (χ3n) is 3.84. The van der Waals surface area contributed by atoms with Crippen LogP contribution in [-0.4, -0.2) is 26.9 Å². The summed E-state index contributed by atoms with van der Waals surface area (Å²) in [6, 6.07) is 11.4. The number of fused-ring (bicyclic) bond motifs is 1. The lowest BCUT2D eigenvalue weighted by Crippen LogP contribution is -2.40. The molecule has 1 aliphatic heterocycles. The zero-order valence-corrected chi connectivity index (χ0v) is 14.8. The predicted octanol–water partition coefficient (Wildman–Crippen LogP) is 3.46. The maximum absolute atomic E-state index is 12.6. The van der Waals surface area contributed by atoms with Crippen molar-refractivity contribution in [2.24, 2.45) is 0 Å². The van der Waals surface area contributed by atoms with Crippen molar-refractivity contribution < 1.29 is 8.42 Å². The summed E-state index contributed by atoms with van der Waals surface area (Å²) in [4.78, 5) is 2.27. The number of hydrogen-bond acceptors (Lipinski definition) is 3. The van der Waals surface area contributed by atoms with Crippen LogP contribution in [0.4, 0.5) is 0 Å². The Balaban J connectivity index is 1.99. The van der Waals surface area contributed by atoms with Crippen molar-refractivity contribution in [3.05, 3.63) is 63.6 Å². The number of halogens is 2. The van der Waals surface area contributed by atoms with E-state index in [0.717, 1.165) is 11.1 Å². The largest absolute Gasteiger partial charge is 0.300 e. The lowest BCUT2D eigenvalue weighted by molar-refractivity contribution is 0.274. The van der Waals surface area contributed by atoms with Crippen LogP contribution >= 0.6 is 23.2 Å². The van der Waals surface area contributed by atoms with E-state index in [-0.39, 0.29) is 4.90 Å². The lowest BCUT2D eigenvalue weighted by atomic mass is 9.96. The fourth-order valence-corrected chi connectivity index (χ4v) is 4.60. The van der Waals surface area contributed by atoms with Crippen molar-refractivity contribution in [3.63, 3.8) is 0 Å². The average molecular weight is 371 g/mol. The fraction of sp³-hybridized carbons (Fsp3) is 0.250. The number of likely N-dealkylation sites (N-methyl/N-ethyl adjacent to an activating group) is 1. The number of nitrogens with one attached hydrogen (secondary N) is 1. The topological polar surface area (TPSA) is 49.4 Å². The van der Waals surface area contributed by atoms with Crippen LogP contribution in [0.5, 0.6) is 0 Å². The van der Waals surface area contributed by atoms with Crippen LogP contribution in [0, 0.1) is 0 Å². The molecule has 1 unspecified atom stereocenters. The Bertz CT molecular complexity index is 825. The fourth-order valence-electron chi connectivity index (χ4n) is 2.80. The molecule has 1 aliphatic rings. The average Bonchev–Trinajstić information content (AvgIpc) is 2.49. The highest BCUT2D eigenvalue weighted by Crippen LogP contribution is 2.34. The SMILES string of the molecule is CN1Cc2c(Cl)cc(Cl)cc2C(NS(=O)(=O)c2ccccc2)C1. The minimum Gasteiger partial charge on any atom is -0.300 e. The molecule has 1 atom stereocenters. The Morgan fingerprint density at radius 2 is 1.87 bits per heavy atom.